The first-order chi connectivity index (χ1) is 13.3. The summed E-state index contributed by atoms with van der Waals surface area (Å²) in [6.45, 7) is 2.60. The number of ether oxygens (including phenoxy) is 2. The number of hydrogen-bond acceptors (Lipinski definition) is 2. The second-order valence-corrected chi connectivity index (χ2v) is 6.40. The van der Waals surface area contributed by atoms with Crippen LogP contribution in [0.4, 0.5) is 0 Å². The van der Waals surface area contributed by atoms with Crippen molar-refractivity contribution in [1.82, 2.24) is 0 Å². The van der Waals surface area contributed by atoms with Crippen LogP contribution in [0.3, 0.4) is 0 Å². The fourth-order valence-corrected chi connectivity index (χ4v) is 3.26. The summed E-state index contributed by atoms with van der Waals surface area (Å²) in [5, 5.41) is 0. The monoisotopic (exact) mass is 354 g/mol. The lowest BCUT2D eigenvalue weighted by molar-refractivity contribution is 0.223. The van der Waals surface area contributed by atoms with Gasteiger partial charge in [-0.15, -0.1) is 0 Å². The highest BCUT2D eigenvalue weighted by Crippen LogP contribution is 2.43. The second kappa shape index (κ2) is 7.96. The predicted molar refractivity (Wildman–Crippen MR) is 111 cm³/mol. The lowest BCUT2D eigenvalue weighted by atomic mass is 9.95. The Morgan fingerprint density at radius 2 is 1.59 bits per heavy atom. The number of para-hydroxylation sites is 1. The summed E-state index contributed by atoms with van der Waals surface area (Å²) in [5.41, 5.74) is 4.45. The Labute approximate surface area is 160 Å². The van der Waals surface area contributed by atoms with Gasteiger partial charge < -0.3 is 9.47 Å². The number of benzene rings is 3. The van der Waals surface area contributed by atoms with Crippen molar-refractivity contribution in [2.45, 2.75) is 13.0 Å². The molecule has 1 unspecified atom stereocenters. The summed E-state index contributed by atoms with van der Waals surface area (Å²) in [4.78, 5) is 0. The fourth-order valence-electron chi connectivity index (χ4n) is 3.26. The molecule has 0 bridgehead atoms. The Hall–Kier alpha value is -3.26. The molecule has 0 N–H and O–H groups in total. The van der Waals surface area contributed by atoms with Crippen molar-refractivity contribution in [3.05, 3.63) is 107 Å². The van der Waals surface area contributed by atoms with Gasteiger partial charge in [0.05, 0.1) is 6.61 Å². The zero-order chi connectivity index (χ0) is 18.5. The van der Waals surface area contributed by atoms with Crippen LogP contribution >= 0.6 is 0 Å². The van der Waals surface area contributed by atoms with Gasteiger partial charge in [-0.05, 0) is 35.8 Å². The van der Waals surface area contributed by atoms with Crippen LogP contribution in [0.1, 0.15) is 29.7 Å². The lowest BCUT2D eigenvalue weighted by Gasteiger charge is -2.27. The van der Waals surface area contributed by atoms with Crippen LogP contribution in [-0.2, 0) is 0 Å². The average Bonchev–Trinajstić information content (AvgIpc) is 2.73. The van der Waals surface area contributed by atoms with E-state index in [-0.39, 0.29) is 6.10 Å². The molecule has 27 heavy (non-hydrogen) atoms. The summed E-state index contributed by atoms with van der Waals surface area (Å²) in [6, 6.07) is 26.7. The van der Waals surface area contributed by atoms with E-state index in [2.05, 4.69) is 48.6 Å². The highest BCUT2D eigenvalue weighted by atomic mass is 16.5. The average molecular weight is 354 g/mol. The predicted octanol–water partition coefficient (Wildman–Crippen LogP) is 6.32. The normalized spacial score (nSPS) is 15.7. The molecule has 0 aliphatic carbocycles. The first-order valence-electron chi connectivity index (χ1n) is 9.27. The summed E-state index contributed by atoms with van der Waals surface area (Å²) < 4.78 is 12.2. The molecule has 3 aromatic rings. The highest BCUT2D eigenvalue weighted by Gasteiger charge is 2.25. The molecule has 0 saturated carbocycles. The maximum Gasteiger partial charge on any atom is 0.169 e. The van der Waals surface area contributed by atoms with E-state index in [4.69, 9.17) is 9.47 Å². The minimum absolute atomic E-state index is 0.166. The molecule has 2 heteroatoms. The van der Waals surface area contributed by atoms with Crippen LogP contribution in [-0.4, -0.2) is 6.61 Å². The molecule has 134 valence electrons. The van der Waals surface area contributed by atoms with E-state index in [0.717, 1.165) is 28.2 Å². The van der Waals surface area contributed by atoms with Gasteiger partial charge in [-0.25, -0.2) is 0 Å². The molecule has 1 aliphatic rings. The molecule has 2 nitrogen and oxygen atoms in total. The maximum atomic E-state index is 6.46. The molecule has 0 aromatic heterocycles. The van der Waals surface area contributed by atoms with Crippen molar-refractivity contribution in [3.8, 4) is 11.5 Å². The summed E-state index contributed by atoms with van der Waals surface area (Å²) in [5.74, 6) is 1.60. The van der Waals surface area contributed by atoms with E-state index in [0.29, 0.717) is 6.61 Å². The first kappa shape index (κ1) is 17.2. The van der Waals surface area contributed by atoms with E-state index in [1.807, 2.05) is 55.5 Å². The topological polar surface area (TPSA) is 18.5 Å². The molecule has 1 heterocycles. The number of rotatable bonds is 5. The first-order valence-corrected chi connectivity index (χ1v) is 9.27. The Morgan fingerprint density at radius 1 is 0.852 bits per heavy atom. The lowest BCUT2D eigenvalue weighted by Crippen LogP contribution is -2.14. The standard InChI is InChI=1S/C25H22O2/c1-2-26-23-15-9-14-21-18-22(17-16-19-10-5-3-6-11-19)24(27-25(21)23)20-12-7-4-8-13-20/h3-18,24H,2H2,1H3/b17-16-. The van der Waals surface area contributed by atoms with Crippen molar-refractivity contribution in [1.29, 1.82) is 0 Å². The van der Waals surface area contributed by atoms with Gasteiger partial charge in [-0.2, -0.15) is 0 Å². The number of hydrogen-bond donors (Lipinski definition) is 0. The summed E-state index contributed by atoms with van der Waals surface area (Å²) in [6.07, 6.45) is 6.30. The van der Waals surface area contributed by atoms with Gasteiger partial charge >= 0.3 is 0 Å². The highest BCUT2D eigenvalue weighted by molar-refractivity contribution is 5.71. The third kappa shape index (κ3) is 3.80. The zero-order valence-electron chi connectivity index (χ0n) is 15.3. The van der Waals surface area contributed by atoms with Gasteiger partial charge in [-0.3, -0.25) is 0 Å². The van der Waals surface area contributed by atoms with Crippen molar-refractivity contribution in [2.24, 2.45) is 0 Å². The Kier molecular flexibility index (Phi) is 5.06. The summed E-state index contributed by atoms with van der Waals surface area (Å²) in [7, 11) is 0. The molecule has 0 spiro atoms. The number of fused-ring (bicyclic) bond motifs is 1. The molecule has 3 aromatic carbocycles. The molecular weight excluding hydrogens is 332 g/mol. The van der Waals surface area contributed by atoms with Gasteiger partial charge in [0.1, 0.15) is 6.10 Å². The van der Waals surface area contributed by atoms with Crippen LogP contribution < -0.4 is 9.47 Å². The van der Waals surface area contributed by atoms with E-state index >= 15 is 0 Å². The Balaban J connectivity index is 1.77. The van der Waals surface area contributed by atoms with Gasteiger partial charge in [-0.1, -0.05) is 84.9 Å². The molecular formula is C25H22O2. The SMILES string of the molecule is CCOc1cccc2c1OC(c1ccccc1)C(/C=C\c1ccccc1)=C2. The molecule has 0 fully saturated rings. The largest absolute Gasteiger partial charge is 0.490 e. The molecule has 0 saturated heterocycles. The third-order valence-corrected chi connectivity index (χ3v) is 4.54. The minimum Gasteiger partial charge on any atom is -0.490 e. The Bertz CT molecular complexity index is 956. The van der Waals surface area contributed by atoms with Gasteiger partial charge in [0.2, 0.25) is 0 Å². The molecule has 4 rings (SSSR count). The van der Waals surface area contributed by atoms with Crippen LogP contribution in [0, 0.1) is 0 Å². The molecule has 1 aliphatic heterocycles. The zero-order valence-corrected chi connectivity index (χ0v) is 15.3. The molecule has 0 amide bonds. The Morgan fingerprint density at radius 3 is 2.33 bits per heavy atom. The van der Waals surface area contributed by atoms with E-state index in [9.17, 15) is 0 Å². The minimum atomic E-state index is -0.166. The van der Waals surface area contributed by atoms with Crippen LogP contribution in [0.5, 0.6) is 11.5 Å². The molecule has 0 radical (unpaired) electrons. The van der Waals surface area contributed by atoms with Crippen LogP contribution in [0.25, 0.3) is 12.2 Å². The van der Waals surface area contributed by atoms with E-state index < -0.39 is 0 Å². The second-order valence-electron chi connectivity index (χ2n) is 6.40. The van der Waals surface area contributed by atoms with E-state index in [1.54, 1.807) is 0 Å². The van der Waals surface area contributed by atoms with Crippen LogP contribution in [0.2, 0.25) is 0 Å². The maximum absolute atomic E-state index is 6.46. The third-order valence-electron chi connectivity index (χ3n) is 4.54. The van der Waals surface area contributed by atoms with Crippen LogP contribution in [0.15, 0.2) is 90.5 Å². The van der Waals surface area contributed by atoms with Crippen molar-refractivity contribution >= 4 is 12.2 Å². The molecule has 1 atom stereocenters. The smallest absolute Gasteiger partial charge is 0.169 e. The summed E-state index contributed by atoms with van der Waals surface area (Å²) >= 11 is 0. The van der Waals surface area contributed by atoms with Crippen molar-refractivity contribution < 1.29 is 9.47 Å². The van der Waals surface area contributed by atoms with Gasteiger partial charge in [0, 0.05) is 5.56 Å². The van der Waals surface area contributed by atoms with Gasteiger partial charge in [0.25, 0.3) is 0 Å². The van der Waals surface area contributed by atoms with Crippen molar-refractivity contribution in [3.63, 3.8) is 0 Å². The van der Waals surface area contributed by atoms with Gasteiger partial charge in [0.15, 0.2) is 11.5 Å². The van der Waals surface area contributed by atoms with Crippen molar-refractivity contribution in [2.75, 3.05) is 6.61 Å². The quantitative estimate of drug-likeness (QED) is 0.534. The fraction of sp³-hybridized carbons (Fsp3) is 0.120. The van der Waals surface area contributed by atoms with E-state index in [1.165, 1.54) is 5.56 Å².